The summed E-state index contributed by atoms with van der Waals surface area (Å²) < 4.78 is 56.4. The molecule has 0 aliphatic heterocycles. The Morgan fingerprint density at radius 3 is 2.43 bits per heavy atom. The van der Waals surface area contributed by atoms with Crippen molar-refractivity contribution in [3.63, 3.8) is 0 Å². The van der Waals surface area contributed by atoms with Gasteiger partial charge >= 0.3 is 0 Å². The third-order valence-corrected chi connectivity index (χ3v) is 6.82. The van der Waals surface area contributed by atoms with Crippen molar-refractivity contribution in [2.75, 3.05) is 4.72 Å². The smallest absolute Gasteiger partial charge is 0.262 e. The van der Waals surface area contributed by atoms with Crippen molar-refractivity contribution in [3.05, 3.63) is 107 Å². The largest absolute Gasteiger partial charge is 0.345 e. The molecule has 0 fully saturated rings. The third-order valence-electron chi connectivity index (χ3n) is 5.46. The van der Waals surface area contributed by atoms with Gasteiger partial charge in [0.05, 0.1) is 28.5 Å². The molecule has 0 aliphatic carbocycles. The van der Waals surface area contributed by atoms with Crippen LogP contribution in [0.25, 0.3) is 5.69 Å². The number of halogens is 2. The monoisotopic (exact) mass is 496 g/mol. The fraction of sp³-hybridized carbons (Fsp3) is 0.120. The molecule has 7 nitrogen and oxygen atoms in total. The highest BCUT2D eigenvalue weighted by Gasteiger charge is 2.20. The van der Waals surface area contributed by atoms with Crippen LogP contribution < -0.4 is 10.0 Å². The average molecular weight is 497 g/mol. The van der Waals surface area contributed by atoms with Gasteiger partial charge in [0.2, 0.25) is 0 Å². The second-order valence-electron chi connectivity index (χ2n) is 7.88. The second-order valence-corrected chi connectivity index (χ2v) is 9.56. The van der Waals surface area contributed by atoms with Crippen LogP contribution in [0.5, 0.6) is 0 Å². The molecule has 0 saturated carbocycles. The Balaban J connectivity index is 1.51. The zero-order valence-electron chi connectivity index (χ0n) is 18.9. The molecule has 1 atom stereocenters. The van der Waals surface area contributed by atoms with E-state index in [0.29, 0.717) is 5.69 Å². The first-order chi connectivity index (χ1) is 16.7. The molecule has 0 spiro atoms. The van der Waals surface area contributed by atoms with E-state index in [1.165, 1.54) is 54.6 Å². The number of hydrogen-bond acceptors (Lipinski definition) is 4. The highest BCUT2D eigenvalue weighted by Crippen LogP contribution is 2.22. The Hall–Kier alpha value is -4.05. The van der Waals surface area contributed by atoms with E-state index in [4.69, 9.17) is 0 Å². The maximum Gasteiger partial charge on any atom is 0.262 e. The van der Waals surface area contributed by atoms with Gasteiger partial charge in [-0.3, -0.25) is 9.52 Å². The number of carbonyl (C=O) groups excluding carboxylic acids is 1. The Kier molecular flexibility index (Phi) is 6.65. The van der Waals surface area contributed by atoms with E-state index >= 15 is 0 Å². The molecule has 1 unspecified atom stereocenters. The maximum atomic E-state index is 13.9. The van der Waals surface area contributed by atoms with Crippen LogP contribution >= 0.6 is 0 Å². The summed E-state index contributed by atoms with van der Waals surface area (Å²) in [5.41, 5.74) is 2.11. The molecule has 4 aromatic rings. The molecule has 4 rings (SSSR count). The summed E-state index contributed by atoms with van der Waals surface area (Å²) in [6, 6.07) is 16.3. The molecule has 0 bridgehead atoms. The fourth-order valence-electron chi connectivity index (χ4n) is 3.60. The lowest BCUT2D eigenvalue weighted by Crippen LogP contribution is -2.27. The lowest BCUT2D eigenvalue weighted by atomic mass is 10.1. The first kappa shape index (κ1) is 24.1. The molecule has 1 aromatic heterocycles. The number of hydrogen-bond donors (Lipinski definition) is 2. The van der Waals surface area contributed by atoms with Crippen LogP contribution in [-0.4, -0.2) is 24.1 Å². The summed E-state index contributed by atoms with van der Waals surface area (Å²) >= 11 is 0. The quantitative estimate of drug-likeness (QED) is 0.386. The van der Waals surface area contributed by atoms with Gasteiger partial charge in [0.15, 0.2) is 0 Å². The van der Waals surface area contributed by atoms with Crippen molar-refractivity contribution in [3.8, 4) is 5.69 Å². The summed E-state index contributed by atoms with van der Waals surface area (Å²) in [5, 5.41) is 7.17. The molecule has 2 N–H and O–H groups in total. The number of rotatable bonds is 7. The molecule has 0 aliphatic rings. The topological polar surface area (TPSA) is 93.1 Å². The number of nitrogens with one attached hydrogen (secondary N) is 2. The summed E-state index contributed by atoms with van der Waals surface area (Å²) in [6.45, 7) is 3.60. The van der Waals surface area contributed by atoms with E-state index in [2.05, 4.69) is 15.1 Å². The normalized spacial score (nSPS) is 12.2. The van der Waals surface area contributed by atoms with E-state index < -0.39 is 27.8 Å². The zero-order valence-corrected chi connectivity index (χ0v) is 19.7. The van der Waals surface area contributed by atoms with Crippen LogP contribution in [-0.2, 0) is 10.0 Å². The van der Waals surface area contributed by atoms with Crippen molar-refractivity contribution in [2.24, 2.45) is 0 Å². The Morgan fingerprint density at radius 1 is 1.00 bits per heavy atom. The lowest BCUT2D eigenvalue weighted by Gasteiger charge is -2.15. The van der Waals surface area contributed by atoms with Gasteiger partial charge in [0.1, 0.15) is 11.6 Å². The summed E-state index contributed by atoms with van der Waals surface area (Å²) in [7, 11) is -4.12. The van der Waals surface area contributed by atoms with E-state index in [0.717, 1.165) is 17.3 Å². The highest BCUT2D eigenvalue weighted by atomic mass is 32.2. The predicted octanol–water partition coefficient (Wildman–Crippen LogP) is 4.75. The highest BCUT2D eigenvalue weighted by molar-refractivity contribution is 7.92. The predicted molar refractivity (Wildman–Crippen MR) is 128 cm³/mol. The SMILES string of the molecule is Cc1c(C(C)NC(=O)c2cccc(S(=O)(=O)Nc3ccccc3F)c2)cnn1-c1ccc(F)cc1. The van der Waals surface area contributed by atoms with Crippen LogP contribution in [0, 0.1) is 18.6 Å². The van der Waals surface area contributed by atoms with Crippen molar-refractivity contribution < 1.29 is 22.0 Å². The Bertz CT molecular complexity index is 1480. The average Bonchev–Trinajstić information content (AvgIpc) is 3.22. The molecule has 1 amide bonds. The van der Waals surface area contributed by atoms with E-state index in [9.17, 15) is 22.0 Å². The fourth-order valence-corrected chi connectivity index (χ4v) is 4.71. The molecule has 0 saturated heterocycles. The lowest BCUT2D eigenvalue weighted by molar-refractivity contribution is 0.0939. The van der Waals surface area contributed by atoms with Crippen molar-refractivity contribution >= 4 is 21.6 Å². The van der Waals surface area contributed by atoms with E-state index in [-0.39, 0.29) is 22.0 Å². The minimum absolute atomic E-state index is 0.122. The minimum atomic E-state index is -4.12. The van der Waals surface area contributed by atoms with Gasteiger partial charge in [-0.25, -0.2) is 21.9 Å². The number of benzene rings is 3. The molecule has 1 heterocycles. The van der Waals surface area contributed by atoms with Gasteiger partial charge < -0.3 is 5.32 Å². The third kappa shape index (κ3) is 5.22. The number of aromatic nitrogens is 2. The minimum Gasteiger partial charge on any atom is -0.345 e. The molecule has 35 heavy (non-hydrogen) atoms. The first-order valence-electron chi connectivity index (χ1n) is 10.6. The molecule has 180 valence electrons. The Morgan fingerprint density at radius 2 is 1.71 bits per heavy atom. The standard InChI is InChI=1S/C25H22F2N4O3S/c1-16(22-15-28-31(17(22)2)20-12-10-19(26)11-13-20)29-25(32)18-6-5-7-21(14-18)35(33,34)30-24-9-4-3-8-23(24)27/h3-16,30H,1-2H3,(H,29,32). The van der Waals surface area contributed by atoms with Gasteiger partial charge in [0.25, 0.3) is 15.9 Å². The van der Waals surface area contributed by atoms with Gasteiger partial charge in [-0.05, 0) is 68.4 Å². The Labute approximate surface area is 201 Å². The number of amides is 1. The molecule has 3 aromatic carbocycles. The van der Waals surface area contributed by atoms with Crippen molar-refractivity contribution in [2.45, 2.75) is 24.8 Å². The van der Waals surface area contributed by atoms with E-state index in [1.807, 2.05) is 6.92 Å². The number of sulfonamides is 1. The summed E-state index contributed by atoms with van der Waals surface area (Å²) in [6.07, 6.45) is 1.61. The maximum absolute atomic E-state index is 13.9. The number of para-hydroxylation sites is 1. The number of anilines is 1. The number of nitrogens with zero attached hydrogens (tertiary/aromatic N) is 2. The summed E-state index contributed by atoms with van der Waals surface area (Å²) in [5.74, 6) is -1.56. The van der Waals surface area contributed by atoms with Gasteiger partial charge in [-0.2, -0.15) is 5.10 Å². The van der Waals surface area contributed by atoms with Crippen LogP contribution in [0.1, 0.15) is 34.6 Å². The van der Waals surface area contributed by atoms with Crippen LogP contribution in [0.4, 0.5) is 14.5 Å². The van der Waals surface area contributed by atoms with Crippen molar-refractivity contribution in [1.29, 1.82) is 0 Å². The van der Waals surface area contributed by atoms with Crippen LogP contribution in [0.3, 0.4) is 0 Å². The molecule has 0 radical (unpaired) electrons. The first-order valence-corrected chi connectivity index (χ1v) is 12.1. The zero-order chi connectivity index (χ0) is 25.2. The van der Waals surface area contributed by atoms with Gasteiger partial charge in [0, 0.05) is 16.8 Å². The van der Waals surface area contributed by atoms with Crippen molar-refractivity contribution in [1.82, 2.24) is 15.1 Å². The van der Waals surface area contributed by atoms with E-state index in [1.54, 1.807) is 29.9 Å². The summed E-state index contributed by atoms with van der Waals surface area (Å²) in [4.78, 5) is 12.7. The van der Waals surface area contributed by atoms with Gasteiger partial charge in [-0.1, -0.05) is 18.2 Å². The second kappa shape index (κ2) is 9.67. The number of carbonyl (C=O) groups is 1. The molecule has 10 heteroatoms. The van der Waals surface area contributed by atoms with Gasteiger partial charge in [-0.15, -0.1) is 0 Å². The molecular weight excluding hydrogens is 474 g/mol. The van der Waals surface area contributed by atoms with Crippen LogP contribution in [0.15, 0.2) is 83.9 Å². The molecular formula is C25H22F2N4O3S. The van der Waals surface area contributed by atoms with Crippen LogP contribution in [0.2, 0.25) is 0 Å².